The molecule has 0 spiro atoms. The van der Waals surface area contributed by atoms with Crippen molar-refractivity contribution in [2.24, 2.45) is 5.73 Å². The molecular formula is C14H21ClN4O2. The SMILES string of the molecule is COCCn1ncc(N2C3CCC2CC(N)C3)c(Cl)c1=O. The molecule has 6 nitrogen and oxygen atoms in total. The second-order valence-electron chi connectivity index (χ2n) is 5.89. The fraction of sp³-hybridized carbons (Fsp3) is 0.714. The lowest BCUT2D eigenvalue weighted by Gasteiger charge is -2.39. The smallest absolute Gasteiger partial charge is 0.287 e. The molecule has 21 heavy (non-hydrogen) atoms. The molecule has 3 heterocycles. The number of aromatic nitrogens is 2. The van der Waals surface area contributed by atoms with E-state index in [1.807, 2.05) is 0 Å². The van der Waals surface area contributed by atoms with Gasteiger partial charge in [-0.1, -0.05) is 11.6 Å². The van der Waals surface area contributed by atoms with Crippen molar-refractivity contribution in [2.75, 3.05) is 18.6 Å². The highest BCUT2D eigenvalue weighted by molar-refractivity contribution is 6.33. The fourth-order valence-electron chi connectivity index (χ4n) is 3.59. The second-order valence-corrected chi connectivity index (χ2v) is 6.27. The molecule has 3 rings (SSSR count). The van der Waals surface area contributed by atoms with Crippen LogP contribution in [0.4, 0.5) is 5.69 Å². The van der Waals surface area contributed by atoms with E-state index in [0.717, 1.165) is 31.4 Å². The Labute approximate surface area is 128 Å². The molecule has 0 saturated carbocycles. The molecule has 0 radical (unpaired) electrons. The summed E-state index contributed by atoms with van der Waals surface area (Å²) >= 11 is 6.32. The third-order valence-corrected chi connectivity index (χ3v) is 4.88. The molecule has 1 aromatic heterocycles. The highest BCUT2D eigenvalue weighted by Crippen LogP contribution is 2.40. The van der Waals surface area contributed by atoms with Gasteiger partial charge in [0.2, 0.25) is 0 Å². The minimum atomic E-state index is -0.250. The molecule has 1 aromatic rings. The molecule has 2 fully saturated rings. The largest absolute Gasteiger partial charge is 0.383 e. The van der Waals surface area contributed by atoms with Gasteiger partial charge >= 0.3 is 0 Å². The van der Waals surface area contributed by atoms with Crippen molar-refractivity contribution in [1.29, 1.82) is 0 Å². The highest BCUT2D eigenvalue weighted by Gasteiger charge is 2.40. The van der Waals surface area contributed by atoms with Crippen molar-refractivity contribution in [3.8, 4) is 0 Å². The van der Waals surface area contributed by atoms with Crippen molar-refractivity contribution in [2.45, 2.75) is 50.4 Å². The van der Waals surface area contributed by atoms with Crippen LogP contribution in [0.1, 0.15) is 25.7 Å². The summed E-state index contributed by atoms with van der Waals surface area (Å²) in [4.78, 5) is 14.6. The lowest BCUT2D eigenvalue weighted by atomic mass is 9.98. The summed E-state index contributed by atoms with van der Waals surface area (Å²) in [6, 6.07) is 1.02. The molecule has 7 heteroatoms. The topological polar surface area (TPSA) is 73.4 Å². The fourth-order valence-corrected chi connectivity index (χ4v) is 3.83. The Kier molecular flexibility index (Phi) is 4.19. The molecule has 2 unspecified atom stereocenters. The molecule has 116 valence electrons. The first-order valence-electron chi connectivity index (χ1n) is 7.40. The molecule has 2 N–H and O–H groups in total. The van der Waals surface area contributed by atoms with E-state index in [4.69, 9.17) is 22.1 Å². The number of methoxy groups -OCH3 is 1. The van der Waals surface area contributed by atoms with E-state index in [2.05, 4.69) is 10.00 Å². The number of hydrogen-bond acceptors (Lipinski definition) is 5. The molecule has 2 atom stereocenters. The van der Waals surface area contributed by atoms with Crippen molar-refractivity contribution in [3.05, 3.63) is 21.6 Å². The summed E-state index contributed by atoms with van der Waals surface area (Å²) < 4.78 is 6.33. The van der Waals surface area contributed by atoms with Crippen molar-refractivity contribution in [1.82, 2.24) is 9.78 Å². The Morgan fingerprint density at radius 2 is 2.10 bits per heavy atom. The molecule has 0 aliphatic carbocycles. The van der Waals surface area contributed by atoms with Crippen LogP contribution < -0.4 is 16.2 Å². The summed E-state index contributed by atoms with van der Waals surface area (Å²) in [5, 5.41) is 4.49. The first-order chi connectivity index (χ1) is 10.1. The maximum Gasteiger partial charge on any atom is 0.287 e. The number of hydrogen-bond donors (Lipinski definition) is 1. The molecule has 0 amide bonds. The van der Waals surface area contributed by atoms with Crippen LogP contribution in [-0.2, 0) is 11.3 Å². The highest BCUT2D eigenvalue weighted by atomic mass is 35.5. The Hall–Kier alpha value is -1.11. The number of anilines is 1. The van der Waals surface area contributed by atoms with E-state index < -0.39 is 0 Å². The number of ether oxygens (including phenoxy) is 1. The first-order valence-corrected chi connectivity index (χ1v) is 7.78. The molecular weight excluding hydrogens is 292 g/mol. The lowest BCUT2D eigenvalue weighted by Crippen LogP contribution is -2.48. The van der Waals surface area contributed by atoms with Gasteiger partial charge < -0.3 is 15.4 Å². The summed E-state index contributed by atoms with van der Waals surface area (Å²) in [5.41, 5.74) is 6.60. The van der Waals surface area contributed by atoms with Crippen molar-refractivity contribution < 1.29 is 4.74 Å². The molecule has 2 saturated heterocycles. The van der Waals surface area contributed by atoms with Gasteiger partial charge in [-0.15, -0.1) is 0 Å². The van der Waals surface area contributed by atoms with Crippen molar-refractivity contribution in [3.63, 3.8) is 0 Å². The van der Waals surface area contributed by atoms with Crippen LogP contribution in [0.2, 0.25) is 5.02 Å². The van der Waals surface area contributed by atoms with Gasteiger partial charge in [0.1, 0.15) is 5.02 Å². The van der Waals surface area contributed by atoms with Crippen LogP contribution in [0, 0.1) is 0 Å². The number of rotatable bonds is 4. The van der Waals surface area contributed by atoms with Gasteiger partial charge in [0, 0.05) is 25.2 Å². The average Bonchev–Trinajstić information content (AvgIpc) is 2.72. The van der Waals surface area contributed by atoms with Crippen LogP contribution in [0.15, 0.2) is 11.0 Å². The van der Waals surface area contributed by atoms with Crippen LogP contribution in [-0.4, -0.2) is 41.6 Å². The standard InChI is InChI=1S/C14H21ClN4O2/c1-21-5-4-18-14(20)13(15)12(8-17-18)19-10-2-3-11(19)7-9(16)6-10/h8-11H,2-7,16H2,1H3. The number of fused-ring (bicyclic) bond motifs is 2. The molecule has 2 bridgehead atoms. The van der Waals surface area contributed by atoms with Gasteiger partial charge in [0.05, 0.1) is 25.0 Å². The van der Waals surface area contributed by atoms with E-state index in [0.29, 0.717) is 25.2 Å². The zero-order valence-corrected chi connectivity index (χ0v) is 12.9. The normalized spacial score (nSPS) is 28.1. The molecule has 2 aliphatic heterocycles. The van der Waals surface area contributed by atoms with Crippen LogP contribution in [0.3, 0.4) is 0 Å². The van der Waals surface area contributed by atoms with E-state index in [9.17, 15) is 4.79 Å². The Morgan fingerprint density at radius 1 is 1.43 bits per heavy atom. The van der Waals surface area contributed by atoms with Crippen LogP contribution in [0.25, 0.3) is 0 Å². The zero-order chi connectivity index (χ0) is 15.0. The maximum absolute atomic E-state index is 12.3. The number of nitrogens with two attached hydrogens (primary N) is 1. The predicted molar refractivity (Wildman–Crippen MR) is 81.9 cm³/mol. The van der Waals surface area contributed by atoms with Gasteiger partial charge in [0.25, 0.3) is 5.56 Å². The van der Waals surface area contributed by atoms with Crippen LogP contribution in [0.5, 0.6) is 0 Å². The summed E-state index contributed by atoms with van der Waals surface area (Å²) in [5.74, 6) is 0. The van der Waals surface area contributed by atoms with Gasteiger partial charge in [-0.2, -0.15) is 5.10 Å². The summed E-state index contributed by atoms with van der Waals surface area (Å²) in [7, 11) is 1.59. The minimum absolute atomic E-state index is 0.250. The molecule has 2 aliphatic rings. The monoisotopic (exact) mass is 312 g/mol. The van der Waals surface area contributed by atoms with E-state index in [-0.39, 0.29) is 16.6 Å². The Bertz CT molecular complexity index is 563. The zero-order valence-electron chi connectivity index (χ0n) is 12.2. The third kappa shape index (κ3) is 2.67. The van der Waals surface area contributed by atoms with E-state index >= 15 is 0 Å². The van der Waals surface area contributed by atoms with Gasteiger partial charge in [-0.25, -0.2) is 4.68 Å². The van der Waals surface area contributed by atoms with Gasteiger partial charge in [-0.3, -0.25) is 4.79 Å². The van der Waals surface area contributed by atoms with E-state index in [1.54, 1.807) is 13.3 Å². The minimum Gasteiger partial charge on any atom is -0.383 e. The first kappa shape index (κ1) is 14.8. The quantitative estimate of drug-likeness (QED) is 0.898. The van der Waals surface area contributed by atoms with E-state index in [1.165, 1.54) is 4.68 Å². The van der Waals surface area contributed by atoms with Crippen molar-refractivity contribution >= 4 is 17.3 Å². The van der Waals surface area contributed by atoms with Gasteiger partial charge in [0.15, 0.2) is 0 Å². The lowest BCUT2D eigenvalue weighted by molar-refractivity contribution is 0.182. The third-order valence-electron chi connectivity index (χ3n) is 4.52. The maximum atomic E-state index is 12.3. The number of piperidine rings is 1. The van der Waals surface area contributed by atoms with Crippen LogP contribution >= 0.6 is 11.6 Å². The number of halogens is 1. The Morgan fingerprint density at radius 3 is 2.71 bits per heavy atom. The average molecular weight is 313 g/mol. The number of nitrogens with zero attached hydrogens (tertiary/aromatic N) is 3. The second kappa shape index (κ2) is 5.94. The Balaban J connectivity index is 1.90. The summed E-state index contributed by atoms with van der Waals surface area (Å²) in [6.45, 7) is 0.847. The summed E-state index contributed by atoms with van der Waals surface area (Å²) in [6.07, 6.45) is 5.85. The predicted octanol–water partition coefficient (Wildman–Crippen LogP) is 1.00. The van der Waals surface area contributed by atoms with Gasteiger partial charge in [-0.05, 0) is 25.7 Å². The molecule has 0 aromatic carbocycles.